The van der Waals surface area contributed by atoms with Crippen molar-refractivity contribution in [1.82, 2.24) is 9.80 Å². The Hall–Kier alpha value is -1.89. The van der Waals surface area contributed by atoms with Crippen LogP contribution in [0.4, 0.5) is 0 Å². The van der Waals surface area contributed by atoms with Gasteiger partial charge in [0, 0.05) is 32.6 Å². The van der Waals surface area contributed by atoms with Crippen molar-refractivity contribution in [2.75, 3.05) is 26.2 Å². The van der Waals surface area contributed by atoms with E-state index in [1.165, 1.54) is 31.3 Å². The Morgan fingerprint density at radius 3 is 2.04 bits per heavy atom. The van der Waals surface area contributed by atoms with E-state index in [9.17, 15) is 24.6 Å². The van der Waals surface area contributed by atoms with Crippen molar-refractivity contribution in [1.29, 1.82) is 0 Å². The first-order valence-corrected chi connectivity index (χ1v) is 18.9. The number of hydrogen-bond donors (Lipinski definition) is 2. The second-order valence-electron chi connectivity index (χ2n) is 19.3. The fourth-order valence-electron chi connectivity index (χ4n) is 13.5. The van der Waals surface area contributed by atoms with Crippen LogP contribution in [0, 0.1) is 62.1 Å². The summed E-state index contributed by atoms with van der Waals surface area (Å²) in [5.41, 5.74) is 0.285. The highest BCUT2D eigenvalue weighted by Gasteiger charge is 2.72. The van der Waals surface area contributed by atoms with Crippen LogP contribution in [0.3, 0.4) is 0 Å². The number of aliphatic hydroxyl groups excluding tert-OH is 1. The summed E-state index contributed by atoms with van der Waals surface area (Å²) in [5, 5.41) is 20.6. The smallest absolute Gasteiger partial charge is 0.309 e. The predicted molar refractivity (Wildman–Crippen MR) is 184 cm³/mol. The van der Waals surface area contributed by atoms with Crippen molar-refractivity contribution in [3.05, 3.63) is 12.2 Å². The largest absolute Gasteiger partial charge is 0.481 e. The number of carbonyl (C=O) groups is 3. The Labute approximate surface area is 284 Å². The Balaban J connectivity index is 1.25. The van der Waals surface area contributed by atoms with Gasteiger partial charge in [0.1, 0.15) is 0 Å². The van der Waals surface area contributed by atoms with Gasteiger partial charge in [-0.3, -0.25) is 14.4 Å². The third kappa shape index (κ3) is 4.92. The van der Waals surface area contributed by atoms with E-state index in [-0.39, 0.29) is 45.5 Å². The minimum atomic E-state index is -1.10. The number of carbonyl (C=O) groups excluding carboxylic acids is 2. The van der Waals surface area contributed by atoms with Crippen LogP contribution in [0.1, 0.15) is 126 Å². The molecule has 7 nitrogen and oxygen atoms in total. The van der Waals surface area contributed by atoms with Gasteiger partial charge in [-0.1, -0.05) is 46.8 Å². The molecule has 1 saturated heterocycles. The van der Waals surface area contributed by atoms with Gasteiger partial charge in [-0.2, -0.15) is 0 Å². The van der Waals surface area contributed by atoms with Gasteiger partial charge < -0.3 is 20.0 Å². The fourth-order valence-corrected chi connectivity index (χ4v) is 13.5. The van der Waals surface area contributed by atoms with Gasteiger partial charge in [0.25, 0.3) is 0 Å². The van der Waals surface area contributed by atoms with E-state index >= 15 is 0 Å². The highest BCUT2D eigenvalue weighted by atomic mass is 16.4. The molecule has 0 aromatic heterocycles. The van der Waals surface area contributed by atoms with Crippen LogP contribution in [-0.4, -0.2) is 70.1 Å². The van der Waals surface area contributed by atoms with Gasteiger partial charge in [0.15, 0.2) is 0 Å². The Kier molecular flexibility index (Phi) is 8.42. The molecule has 0 aromatic carbocycles. The zero-order valence-electron chi connectivity index (χ0n) is 30.8. The number of fused-ring (bicyclic) bond motifs is 7. The molecule has 7 heteroatoms. The van der Waals surface area contributed by atoms with Gasteiger partial charge >= 0.3 is 5.97 Å². The minimum absolute atomic E-state index is 0.0273. The van der Waals surface area contributed by atoms with Gasteiger partial charge in [0.2, 0.25) is 11.8 Å². The van der Waals surface area contributed by atoms with Crippen LogP contribution >= 0.6 is 0 Å². The number of hydrogen-bond acceptors (Lipinski definition) is 4. The van der Waals surface area contributed by atoms with E-state index in [1.807, 2.05) is 0 Å². The topological polar surface area (TPSA) is 98.2 Å². The first kappa shape index (κ1) is 35.0. The van der Waals surface area contributed by atoms with E-state index < -0.39 is 11.4 Å². The van der Waals surface area contributed by atoms with Gasteiger partial charge in [-0.05, 0) is 136 Å². The quantitative estimate of drug-likeness (QED) is 0.307. The molecule has 2 N–H and O–H groups in total. The maximum atomic E-state index is 14.9. The van der Waals surface area contributed by atoms with Gasteiger partial charge in [-0.15, -0.1) is 0 Å². The molecule has 1 heterocycles. The zero-order chi connectivity index (χ0) is 34.5. The van der Waals surface area contributed by atoms with Crippen LogP contribution in [0.25, 0.3) is 0 Å². The molecule has 1 aliphatic heterocycles. The lowest BCUT2D eigenvalue weighted by molar-refractivity contribution is -0.247. The molecule has 2 amide bonds. The lowest BCUT2D eigenvalue weighted by Crippen LogP contribution is -2.67. The molecule has 0 aromatic rings. The maximum absolute atomic E-state index is 14.9. The molecular formula is C40H64N2O5. The van der Waals surface area contributed by atoms with Crippen LogP contribution < -0.4 is 0 Å². The number of aliphatic hydroxyl groups is 1. The normalized spacial score (nSPS) is 44.4. The van der Waals surface area contributed by atoms with Crippen molar-refractivity contribution in [3.63, 3.8) is 0 Å². The Bertz CT molecular complexity index is 1320. The Morgan fingerprint density at radius 2 is 1.43 bits per heavy atom. The van der Waals surface area contributed by atoms with Crippen LogP contribution in [0.2, 0.25) is 0 Å². The van der Waals surface area contributed by atoms with E-state index in [1.54, 1.807) is 18.7 Å². The number of piperazine rings is 1. The molecule has 6 aliphatic rings. The lowest BCUT2D eigenvalue weighted by Gasteiger charge is -2.73. The molecule has 0 unspecified atom stereocenters. The van der Waals surface area contributed by atoms with E-state index in [0.717, 1.165) is 38.5 Å². The summed E-state index contributed by atoms with van der Waals surface area (Å²) in [4.78, 5) is 43.4. The molecule has 5 saturated carbocycles. The summed E-state index contributed by atoms with van der Waals surface area (Å²) in [6, 6.07) is 0. The first-order chi connectivity index (χ1) is 21.8. The average Bonchev–Trinajstić information content (AvgIpc) is 3.40. The third-order valence-electron chi connectivity index (χ3n) is 16.6. The summed E-state index contributed by atoms with van der Waals surface area (Å²) in [6.07, 6.45) is 10.5. The van der Waals surface area contributed by atoms with Crippen LogP contribution in [-0.2, 0) is 14.4 Å². The summed E-state index contributed by atoms with van der Waals surface area (Å²) in [6.45, 7) is 24.3. The summed E-state index contributed by atoms with van der Waals surface area (Å²) in [5.74, 6) is 1.51. The second kappa shape index (κ2) is 11.3. The van der Waals surface area contributed by atoms with Gasteiger partial charge in [0.05, 0.1) is 16.9 Å². The summed E-state index contributed by atoms with van der Waals surface area (Å²) in [7, 11) is 0. The molecule has 5 aliphatic carbocycles. The highest BCUT2D eigenvalue weighted by Crippen LogP contribution is 2.77. The number of carboxylic acids is 1. The molecule has 264 valence electrons. The number of nitrogens with zero attached hydrogens (tertiary/aromatic N) is 2. The van der Waals surface area contributed by atoms with Crippen molar-refractivity contribution in [3.8, 4) is 0 Å². The highest BCUT2D eigenvalue weighted by molar-refractivity contribution is 5.86. The van der Waals surface area contributed by atoms with Crippen LogP contribution in [0.15, 0.2) is 12.2 Å². The Morgan fingerprint density at radius 1 is 0.787 bits per heavy atom. The number of rotatable bonds is 5. The minimum Gasteiger partial charge on any atom is -0.481 e. The number of amides is 2. The van der Waals surface area contributed by atoms with E-state index in [2.05, 4.69) is 53.0 Å². The van der Waals surface area contributed by atoms with E-state index in [0.29, 0.717) is 61.7 Å². The summed E-state index contributed by atoms with van der Waals surface area (Å²) >= 11 is 0. The number of carboxylic acid groups (broad SMARTS) is 1. The van der Waals surface area contributed by atoms with Crippen molar-refractivity contribution in [2.24, 2.45) is 62.1 Å². The lowest BCUT2D eigenvalue weighted by atomic mass is 9.32. The van der Waals surface area contributed by atoms with Crippen molar-refractivity contribution < 1.29 is 24.6 Å². The third-order valence-corrected chi connectivity index (χ3v) is 16.6. The molecule has 10 atom stereocenters. The fraction of sp³-hybridized carbons (Fsp3) is 0.875. The first-order valence-electron chi connectivity index (χ1n) is 18.9. The summed E-state index contributed by atoms with van der Waals surface area (Å²) < 4.78 is 0. The molecule has 6 rings (SSSR count). The monoisotopic (exact) mass is 652 g/mol. The van der Waals surface area contributed by atoms with Crippen LogP contribution in [0.5, 0.6) is 0 Å². The van der Waals surface area contributed by atoms with Crippen molar-refractivity contribution >= 4 is 17.8 Å². The van der Waals surface area contributed by atoms with E-state index in [4.69, 9.17) is 0 Å². The molecule has 0 bridgehead atoms. The van der Waals surface area contributed by atoms with Crippen molar-refractivity contribution in [2.45, 2.75) is 132 Å². The molecule has 47 heavy (non-hydrogen) atoms. The standard InChI is InChI=1S/C40H64N2O5/c1-25(2)26-12-17-40(33(45)42-22-20-41(21-23-42)31(44)24-35(3,4)34(46)47)19-18-38(8)27(32(26)40)10-11-29-37(7)15-14-30(43)36(5,6)28(37)13-16-39(29,38)9/h26-30,32,43H,1,10-24H2,2-9H3,(H,46,47)/t26-,27+,28-,29+,30-,32+,37-,38+,39+,40-/m0/s1. The van der Waals surface area contributed by atoms with Gasteiger partial charge in [-0.25, -0.2) is 0 Å². The molecule has 6 fully saturated rings. The SMILES string of the molecule is C=C(C)[C@@H]1CC[C@]2(C(=O)N3CCN(C(=O)CC(C)(C)C(=O)O)CC3)CC[C@]3(C)[C@H](CC[C@@H]4[C@@]5(C)CC[C@H](O)C(C)(C)[C@@H]5CC[C@]43C)[C@@H]12. The predicted octanol–water partition coefficient (Wildman–Crippen LogP) is 7.18. The molecule has 0 radical (unpaired) electrons. The zero-order valence-corrected chi connectivity index (χ0v) is 30.8. The number of aliphatic carboxylic acids is 1. The maximum Gasteiger partial charge on any atom is 0.309 e. The molecular weight excluding hydrogens is 588 g/mol. The molecule has 0 spiro atoms. The average molecular weight is 653 g/mol. The second-order valence-corrected chi connectivity index (χ2v) is 19.3. The number of allylic oxidation sites excluding steroid dienone is 1.